The molecule has 4 rings (SSSR count). The molecule has 7 nitrogen and oxygen atoms in total. The lowest BCUT2D eigenvalue weighted by atomic mass is 9.97. The van der Waals surface area contributed by atoms with Gasteiger partial charge in [0.25, 0.3) is 11.5 Å². The average molecular weight is 422 g/mol. The number of nitrogens with zero attached hydrogens (tertiary/aromatic N) is 3. The molecule has 0 fully saturated rings. The van der Waals surface area contributed by atoms with Gasteiger partial charge in [-0.05, 0) is 54.7 Å². The number of hydrogen-bond donors (Lipinski definition) is 2. The summed E-state index contributed by atoms with van der Waals surface area (Å²) in [6.45, 7) is -0.574. The van der Waals surface area contributed by atoms with Crippen LogP contribution in [-0.2, 0) is 13.0 Å². The first kappa shape index (κ1) is 16.4. The number of rotatable bonds is 5. The summed E-state index contributed by atoms with van der Waals surface area (Å²) in [4.78, 5) is 36.7. The Balaban J connectivity index is 1.67. The molecule has 4 heterocycles. The summed E-state index contributed by atoms with van der Waals surface area (Å²) in [5.41, 5.74) is 4.01. The summed E-state index contributed by atoms with van der Waals surface area (Å²) in [5, 5.41) is 2.51. The second kappa shape index (κ2) is 8.81. The molecule has 0 spiro atoms. The number of H-pyrrole nitrogens is 1. The van der Waals surface area contributed by atoms with Gasteiger partial charge in [-0.2, -0.15) is 0 Å². The fourth-order valence-electron chi connectivity index (χ4n) is 3.56. The van der Waals surface area contributed by atoms with E-state index in [0.29, 0.717) is 45.4 Å². The van der Waals surface area contributed by atoms with Crippen molar-refractivity contribution in [1.29, 1.82) is 0 Å². The SMILES string of the molecule is [2H]C1([2H])C=C(c2ccc(C(=O)NC)nc2C)CC([2H])([2H])N1Cc1cnc2cc(CC)c(=O)[nH]c2c1. The van der Waals surface area contributed by atoms with Crippen LogP contribution in [0.15, 0.2) is 41.3 Å². The molecule has 0 saturated heterocycles. The van der Waals surface area contributed by atoms with Crippen LogP contribution in [-0.4, -0.2) is 45.8 Å². The largest absolute Gasteiger partial charge is 0.354 e. The Kier molecular flexibility index (Phi) is 4.66. The summed E-state index contributed by atoms with van der Waals surface area (Å²) < 4.78 is 34.6. The molecule has 0 bridgehead atoms. The van der Waals surface area contributed by atoms with Crippen molar-refractivity contribution in [2.75, 3.05) is 20.0 Å². The third-order valence-electron chi connectivity index (χ3n) is 5.29. The first-order valence-electron chi connectivity index (χ1n) is 12.2. The van der Waals surface area contributed by atoms with Gasteiger partial charge in [0.05, 0.1) is 11.0 Å². The van der Waals surface area contributed by atoms with E-state index in [-0.39, 0.29) is 30.1 Å². The van der Waals surface area contributed by atoms with Crippen molar-refractivity contribution < 1.29 is 10.3 Å². The maximum Gasteiger partial charge on any atom is 0.269 e. The van der Waals surface area contributed by atoms with Gasteiger partial charge in [0.15, 0.2) is 0 Å². The van der Waals surface area contributed by atoms with E-state index in [9.17, 15) is 9.59 Å². The number of aromatic amines is 1. The molecule has 1 aliphatic heterocycles. The predicted octanol–water partition coefficient (Wildman–Crippen LogP) is 2.84. The topological polar surface area (TPSA) is 91.0 Å². The van der Waals surface area contributed by atoms with Crippen LogP contribution in [0, 0.1) is 6.92 Å². The van der Waals surface area contributed by atoms with E-state index >= 15 is 0 Å². The molecule has 0 aliphatic carbocycles. The monoisotopic (exact) mass is 421 g/mol. The van der Waals surface area contributed by atoms with E-state index < -0.39 is 13.0 Å². The van der Waals surface area contributed by atoms with E-state index in [0.717, 1.165) is 4.90 Å². The zero-order chi connectivity index (χ0) is 25.5. The Morgan fingerprint density at radius 3 is 2.90 bits per heavy atom. The van der Waals surface area contributed by atoms with Gasteiger partial charge < -0.3 is 10.3 Å². The van der Waals surface area contributed by atoms with Gasteiger partial charge in [0.1, 0.15) is 5.69 Å². The number of carbonyl (C=O) groups excluding carboxylic acids is 1. The summed E-state index contributed by atoms with van der Waals surface area (Å²) in [5.74, 6) is -0.328. The molecule has 31 heavy (non-hydrogen) atoms. The molecule has 0 atom stereocenters. The zero-order valence-corrected chi connectivity index (χ0v) is 17.7. The third kappa shape index (κ3) is 4.41. The smallest absolute Gasteiger partial charge is 0.269 e. The summed E-state index contributed by atoms with van der Waals surface area (Å²) in [7, 11) is 1.51. The minimum atomic E-state index is -2.11. The lowest BCUT2D eigenvalue weighted by Crippen LogP contribution is -2.28. The number of amides is 1. The first-order valence-corrected chi connectivity index (χ1v) is 10.2. The van der Waals surface area contributed by atoms with E-state index in [1.807, 2.05) is 6.92 Å². The second-order valence-electron chi connectivity index (χ2n) is 7.38. The fourth-order valence-corrected chi connectivity index (χ4v) is 3.56. The second-order valence-corrected chi connectivity index (χ2v) is 7.38. The highest BCUT2D eigenvalue weighted by Crippen LogP contribution is 2.25. The quantitative estimate of drug-likeness (QED) is 0.661. The molecular formula is C24H27N5O2. The van der Waals surface area contributed by atoms with Crippen LogP contribution in [0.4, 0.5) is 0 Å². The highest BCUT2D eigenvalue weighted by atomic mass is 16.1. The Labute approximate surface area is 186 Å². The van der Waals surface area contributed by atoms with Crippen molar-refractivity contribution in [2.45, 2.75) is 33.2 Å². The Bertz CT molecular complexity index is 1400. The highest BCUT2D eigenvalue weighted by Gasteiger charge is 2.17. The highest BCUT2D eigenvalue weighted by molar-refractivity contribution is 5.92. The number of nitrogens with one attached hydrogen (secondary N) is 2. The van der Waals surface area contributed by atoms with Gasteiger partial charge in [-0.1, -0.05) is 19.1 Å². The summed E-state index contributed by atoms with van der Waals surface area (Å²) in [6, 6.07) is 6.66. The van der Waals surface area contributed by atoms with Crippen LogP contribution >= 0.6 is 0 Å². The average Bonchev–Trinajstić information content (AvgIpc) is 2.79. The van der Waals surface area contributed by atoms with Gasteiger partial charge in [-0.25, -0.2) is 4.98 Å². The van der Waals surface area contributed by atoms with E-state index in [1.165, 1.54) is 13.1 Å². The van der Waals surface area contributed by atoms with Crippen LogP contribution in [0.5, 0.6) is 0 Å². The maximum absolute atomic E-state index is 12.2. The first-order chi connectivity index (χ1) is 16.4. The summed E-state index contributed by atoms with van der Waals surface area (Å²) in [6.07, 6.45) is 3.51. The normalized spacial score (nSPS) is 19.6. The number of fused-ring (bicyclic) bond motifs is 1. The van der Waals surface area contributed by atoms with Crippen molar-refractivity contribution in [3.05, 3.63) is 75.0 Å². The van der Waals surface area contributed by atoms with Gasteiger partial charge >= 0.3 is 0 Å². The van der Waals surface area contributed by atoms with Crippen molar-refractivity contribution in [2.24, 2.45) is 0 Å². The number of carbonyl (C=O) groups is 1. The minimum absolute atomic E-state index is 0.0445. The number of aryl methyl sites for hydroxylation is 2. The maximum atomic E-state index is 12.2. The molecule has 0 aromatic carbocycles. The lowest BCUT2D eigenvalue weighted by Gasteiger charge is -2.27. The van der Waals surface area contributed by atoms with Gasteiger partial charge in [0, 0.05) is 49.5 Å². The van der Waals surface area contributed by atoms with Gasteiger partial charge in [-0.15, -0.1) is 0 Å². The van der Waals surface area contributed by atoms with Crippen LogP contribution in [0.25, 0.3) is 16.6 Å². The van der Waals surface area contributed by atoms with Crippen molar-refractivity contribution in [3.63, 3.8) is 0 Å². The van der Waals surface area contributed by atoms with Crippen molar-refractivity contribution in [3.8, 4) is 0 Å². The Morgan fingerprint density at radius 1 is 1.35 bits per heavy atom. The molecule has 1 aliphatic rings. The van der Waals surface area contributed by atoms with E-state index in [4.69, 9.17) is 5.48 Å². The predicted molar refractivity (Wildman–Crippen MR) is 122 cm³/mol. The molecule has 0 saturated carbocycles. The molecule has 0 unspecified atom stereocenters. The molecule has 7 heteroatoms. The van der Waals surface area contributed by atoms with Gasteiger partial charge in [0.2, 0.25) is 0 Å². The number of hydrogen-bond acceptors (Lipinski definition) is 5. The minimum Gasteiger partial charge on any atom is -0.354 e. The molecule has 1 amide bonds. The van der Waals surface area contributed by atoms with Crippen LogP contribution in [0.3, 0.4) is 0 Å². The van der Waals surface area contributed by atoms with Crippen LogP contribution < -0.4 is 10.9 Å². The van der Waals surface area contributed by atoms with Crippen LogP contribution in [0.2, 0.25) is 0 Å². The summed E-state index contributed by atoms with van der Waals surface area (Å²) >= 11 is 0. The zero-order valence-electron chi connectivity index (χ0n) is 21.7. The molecule has 160 valence electrons. The molecule has 0 radical (unpaired) electrons. The van der Waals surface area contributed by atoms with E-state index in [2.05, 4.69) is 20.3 Å². The molecule has 2 N–H and O–H groups in total. The Morgan fingerprint density at radius 2 is 2.19 bits per heavy atom. The number of pyridine rings is 3. The van der Waals surface area contributed by atoms with Crippen molar-refractivity contribution >= 4 is 22.5 Å². The van der Waals surface area contributed by atoms with Crippen molar-refractivity contribution in [1.82, 2.24) is 25.2 Å². The van der Waals surface area contributed by atoms with Gasteiger partial charge in [-0.3, -0.25) is 19.5 Å². The number of aromatic nitrogens is 3. The standard InChI is InChI=1S/C24H27N5O2/c1-4-17-12-21-22(28-23(17)30)11-16(13-26-21)14-29-9-7-18(8-10-29)19-5-6-20(24(31)25-3)27-15(19)2/h5-7,11-13H,4,8-10,14H2,1-3H3,(H,25,31)(H,28,30)/i9D2,10D2. The molecule has 3 aromatic heterocycles. The lowest BCUT2D eigenvalue weighted by molar-refractivity contribution is 0.0958. The third-order valence-corrected chi connectivity index (χ3v) is 5.29. The molecular weight excluding hydrogens is 390 g/mol. The van der Waals surface area contributed by atoms with E-state index in [1.54, 1.807) is 37.4 Å². The fraction of sp³-hybridized carbons (Fsp3) is 0.333. The van der Waals surface area contributed by atoms with Crippen LogP contribution in [0.1, 0.15) is 51.7 Å². The Hall–Kier alpha value is -3.32. The molecule has 3 aromatic rings.